The number of rotatable bonds is 8. The van der Waals surface area contributed by atoms with E-state index in [1.54, 1.807) is 24.3 Å². The van der Waals surface area contributed by atoms with Gasteiger partial charge in [-0.05, 0) is 37.3 Å². The van der Waals surface area contributed by atoms with Crippen molar-refractivity contribution in [3.05, 3.63) is 65.4 Å². The van der Waals surface area contributed by atoms with Gasteiger partial charge in [-0.25, -0.2) is 4.79 Å². The zero-order valence-corrected chi connectivity index (χ0v) is 16.6. The van der Waals surface area contributed by atoms with E-state index in [-0.39, 0.29) is 17.9 Å². The lowest BCUT2D eigenvalue weighted by Crippen LogP contribution is -2.34. The second-order valence-corrected chi connectivity index (χ2v) is 6.22. The van der Waals surface area contributed by atoms with Gasteiger partial charge in [0, 0.05) is 23.1 Å². The van der Waals surface area contributed by atoms with Crippen molar-refractivity contribution in [1.29, 1.82) is 0 Å². The molecule has 0 saturated heterocycles. The van der Waals surface area contributed by atoms with Gasteiger partial charge in [0.1, 0.15) is 11.3 Å². The van der Waals surface area contributed by atoms with Crippen molar-refractivity contribution < 1.29 is 33.0 Å². The normalized spacial score (nSPS) is 10.6. The van der Waals surface area contributed by atoms with Crippen molar-refractivity contribution >= 4 is 28.8 Å². The van der Waals surface area contributed by atoms with Gasteiger partial charge in [-0.1, -0.05) is 18.2 Å². The van der Waals surface area contributed by atoms with Gasteiger partial charge in [0.15, 0.2) is 6.61 Å². The Kier molecular flexibility index (Phi) is 6.82. The van der Waals surface area contributed by atoms with Gasteiger partial charge in [-0.2, -0.15) is 0 Å². The molecule has 1 heterocycles. The third-order valence-corrected chi connectivity index (χ3v) is 4.27. The molecule has 30 heavy (non-hydrogen) atoms. The number of hydrogen-bond acceptors (Lipinski definition) is 7. The monoisotopic (exact) mass is 411 g/mol. The molecule has 1 aromatic heterocycles. The minimum absolute atomic E-state index is 0.0288. The number of ether oxygens (including phenoxy) is 3. The molecule has 0 saturated carbocycles. The molecule has 156 valence electrons. The average Bonchev–Trinajstić information content (AvgIpc) is 3.14. The van der Waals surface area contributed by atoms with E-state index >= 15 is 0 Å². The highest BCUT2D eigenvalue weighted by Gasteiger charge is 2.23. The number of fused-ring (bicyclic) bond motifs is 1. The van der Waals surface area contributed by atoms with Crippen molar-refractivity contribution in [3.63, 3.8) is 0 Å². The molecule has 2 aromatic carbocycles. The van der Waals surface area contributed by atoms with Gasteiger partial charge in [-0.15, -0.1) is 0 Å². The molecule has 2 amide bonds. The molecule has 0 aliphatic carbocycles. The van der Waals surface area contributed by atoms with Crippen LogP contribution in [0.3, 0.4) is 0 Å². The molecule has 3 rings (SSSR count). The quantitative estimate of drug-likeness (QED) is 0.568. The maximum absolute atomic E-state index is 12.5. The van der Waals surface area contributed by atoms with Crippen molar-refractivity contribution in [2.24, 2.45) is 0 Å². The van der Waals surface area contributed by atoms with Crippen LogP contribution < -0.4 is 10.1 Å². The van der Waals surface area contributed by atoms with E-state index in [9.17, 15) is 14.4 Å². The molecule has 0 aliphatic heterocycles. The summed E-state index contributed by atoms with van der Waals surface area (Å²) in [5.74, 6) is -1.63. The van der Waals surface area contributed by atoms with Crippen LogP contribution in [0, 0.1) is 0 Å². The number of carbonyl (C=O) groups is 3. The molecular weight excluding hydrogens is 390 g/mol. The van der Waals surface area contributed by atoms with Crippen LogP contribution in [0.15, 0.2) is 52.9 Å². The van der Waals surface area contributed by atoms with Crippen molar-refractivity contribution in [2.45, 2.75) is 13.5 Å². The van der Waals surface area contributed by atoms with Crippen LogP contribution >= 0.6 is 0 Å². The maximum atomic E-state index is 12.5. The van der Waals surface area contributed by atoms with E-state index in [1.165, 1.54) is 19.2 Å². The first-order chi connectivity index (χ1) is 14.5. The summed E-state index contributed by atoms with van der Waals surface area (Å²) in [7, 11) is 1.51. The van der Waals surface area contributed by atoms with E-state index in [0.717, 1.165) is 5.39 Å². The van der Waals surface area contributed by atoms with Gasteiger partial charge in [0.05, 0.1) is 13.7 Å². The van der Waals surface area contributed by atoms with Gasteiger partial charge >= 0.3 is 5.97 Å². The summed E-state index contributed by atoms with van der Waals surface area (Å²) in [5.41, 5.74) is 1.33. The number of nitrogens with one attached hydrogen (secondary N) is 1. The van der Waals surface area contributed by atoms with E-state index in [1.807, 2.05) is 19.1 Å². The summed E-state index contributed by atoms with van der Waals surface area (Å²) in [6, 6.07) is 13.4. The number of hydrogen-bond donors (Lipinski definition) is 1. The Labute approximate surface area is 172 Å². The van der Waals surface area contributed by atoms with Crippen molar-refractivity contribution in [1.82, 2.24) is 5.32 Å². The highest BCUT2D eigenvalue weighted by Crippen LogP contribution is 2.27. The average molecular weight is 411 g/mol. The fourth-order valence-corrected chi connectivity index (χ4v) is 2.79. The Morgan fingerprint density at radius 1 is 1.03 bits per heavy atom. The van der Waals surface area contributed by atoms with Gasteiger partial charge < -0.3 is 18.6 Å². The smallest absolute Gasteiger partial charge is 0.375 e. The number of esters is 1. The third-order valence-electron chi connectivity index (χ3n) is 4.27. The highest BCUT2D eigenvalue weighted by molar-refractivity contribution is 6.05. The summed E-state index contributed by atoms with van der Waals surface area (Å²) >= 11 is 0. The number of furan rings is 1. The minimum Gasteiger partial charge on any atom is -0.497 e. The number of imide groups is 1. The molecule has 0 radical (unpaired) electrons. The van der Waals surface area contributed by atoms with Crippen LogP contribution in [-0.4, -0.2) is 38.1 Å². The second kappa shape index (κ2) is 9.71. The van der Waals surface area contributed by atoms with Crippen molar-refractivity contribution in [3.8, 4) is 5.75 Å². The first-order valence-electron chi connectivity index (χ1n) is 9.27. The Hall–Kier alpha value is -3.65. The molecule has 8 nitrogen and oxygen atoms in total. The predicted molar refractivity (Wildman–Crippen MR) is 107 cm³/mol. The van der Waals surface area contributed by atoms with Crippen LogP contribution in [0.1, 0.15) is 33.4 Å². The Morgan fingerprint density at radius 2 is 1.77 bits per heavy atom. The Bertz CT molecular complexity index is 1050. The summed E-state index contributed by atoms with van der Waals surface area (Å²) in [6.07, 6.45) is 0. The number of amides is 2. The van der Waals surface area contributed by atoms with Gasteiger partial charge in [0.2, 0.25) is 5.76 Å². The first-order valence-corrected chi connectivity index (χ1v) is 9.27. The molecule has 0 spiro atoms. The maximum Gasteiger partial charge on any atom is 0.375 e. The molecule has 1 N–H and O–H groups in total. The van der Waals surface area contributed by atoms with Crippen LogP contribution in [0.4, 0.5) is 0 Å². The van der Waals surface area contributed by atoms with E-state index in [2.05, 4.69) is 5.32 Å². The lowest BCUT2D eigenvalue weighted by molar-refractivity contribution is -0.123. The fraction of sp³-hybridized carbons (Fsp3) is 0.227. The molecule has 8 heteroatoms. The molecule has 3 aromatic rings. The molecule has 0 aliphatic rings. The largest absolute Gasteiger partial charge is 0.497 e. The van der Waals surface area contributed by atoms with Crippen LogP contribution in [0.25, 0.3) is 11.0 Å². The van der Waals surface area contributed by atoms with Crippen LogP contribution in [-0.2, 0) is 20.9 Å². The summed E-state index contributed by atoms with van der Waals surface area (Å²) < 4.78 is 21.1. The zero-order valence-electron chi connectivity index (χ0n) is 16.6. The van der Waals surface area contributed by atoms with Crippen LogP contribution in [0.2, 0.25) is 0 Å². The van der Waals surface area contributed by atoms with Crippen molar-refractivity contribution in [2.75, 3.05) is 20.3 Å². The fourth-order valence-electron chi connectivity index (χ4n) is 2.79. The number of carbonyl (C=O) groups excluding carboxylic acids is 3. The molecule has 0 fully saturated rings. The predicted octanol–water partition coefficient (Wildman–Crippen LogP) is 3.09. The topological polar surface area (TPSA) is 104 Å². The Balaban J connectivity index is 1.63. The highest BCUT2D eigenvalue weighted by atomic mass is 16.5. The van der Waals surface area contributed by atoms with Gasteiger partial charge in [0.25, 0.3) is 11.8 Å². The zero-order chi connectivity index (χ0) is 21.5. The number of methoxy groups -OCH3 is 1. The summed E-state index contributed by atoms with van der Waals surface area (Å²) in [4.78, 5) is 36.6. The molecule has 0 unspecified atom stereocenters. The number of benzene rings is 2. The Morgan fingerprint density at radius 3 is 2.47 bits per heavy atom. The third kappa shape index (κ3) is 4.84. The standard InChI is InChI=1S/C22H21NO7/c1-3-28-12-17-16-6-4-5-7-18(16)30-20(17)22(26)29-13-19(24)23-21(25)14-8-10-15(27-2)11-9-14/h4-11H,3,12-13H2,1-2H3,(H,23,24,25). The van der Waals surface area contributed by atoms with Gasteiger partial charge in [-0.3, -0.25) is 14.9 Å². The van der Waals surface area contributed by atoms with E-state index in [0.29, 0.717) is 23.5 Å². The molecular formula is C22H21NO7. The summed E-state index contributed by atoms with van der Waals surface area (Å²) in [5, 5.41) is 2.90. The lowest BCUT2D eigenvalue weighted by atomic mass is 10.1. The van der Waals surface area contributed by atoms with E-state index in [4.69, 9.17) is 18.6 Å². The minimum atomic E-state index is -0.812. The molecule has 0 bridgehead atoms. The SMILES string of the molecule is CCOCc1c(C(=O)OCC(=O)NC(=O)c2ccc(OC)cc2)oc2ccccc12. The number of para-hydroxylation sites is 1. The summed E-state index contributed by atoms with van der Waals surface area (Å²) in [6.45, 7) is 1.83. The van der Waals surface area contributed by atoms with Crippen LogP contribution in [0.5, 0.6) is 5.75 Å². The lowest BCUT2D eigenvalue weighted by Gasteiger charge is -2.07. The second-order valence-electron chi connectivity index (χ2n) is 6.22. The molecule has 0 atom stereocenters. The first kappa shape index (κ1) is 21.1. The van der Waals surface area contributed by atoms with E-state index < -0.39 is 24.4 Å².